The smallest absolute Gasteiger partial charge is 0.140 e. The number of hydrogen-bond acceptors (Lipinski definition) is 2. The Morgan fingerprint density at radius 3 is 3.12 bits per heavy atom. The van der Waals surface area contributed by atoms with Crippen LogP contribution in [0.25, 0.3) is 5.65 Å². The number of likely N-dealkylation sites (N-methyl/N-ethyl adjacent to an activating group) is 1. The highest BCUT2D eigenvalue weighted by Crippen LogP contribution is 2.42. The second-order valence-corrected chi connectivity index (χ2v) is 5.45. The molecule has 3 nitrogen and oxygen atoms in total. The van der Waals surface area contributed by atoms with Crippen LogP contribution in [0.5, 0.6) is 0 Å². The second kappa shape index (κ2) is 3.10. The van der Waals surface area contributed by atoms with Gasteiger partial charge in [-0.15, -0.1) is 0 Å². The monoisotopic (exact) mass is 227 g/mol. The normalized spacial score (nSPS) is 27.6. The summed E-state index contributed by atoms with van der Waals surface area (Å²) in [4.78, 5) is 7.40. The molecule has 3 heteroatoms. The third-order valence-electron chi connectivity index (χ3n) is 4.54. The molecule has 2 aliphatic heterocycles. The Hall–Kier alpha value is -1.35. The van der Waals surface area contributed by atoms with Crippen molar-refractivity contribution in [2.24, 2.45) is 0 Å². The molecule has 2 bridgehead atoms. The van der Waals surface area contributed by atoms with E-state index < -0.39 is 0 Å². The van der Waals surface area contributed by atoms with Crippen molar-refractivity contribution in [3.05, 3.63) is 35.3 Å². The lowest BCUT2D eigenvalue weighted by molar-refractivity contribution is 0.218. The molecule has 2 aromatic rings. The van der Waals surface area contributed by atoms with Gasteiger partial charge >= 0.3 is 0 Å². The molecule has 2 aromatic heterocycles. The van der Waals surface area contributed by atoms with E-state index in [1.165, 1.54) is 29.8 Å². The van der Waals surface area contributed by atoms with Crippen molar-refractivity contribution in [1.82, 2.24) is 14.3 Å². The van der Waals surface area contributed by atoms with Gasteiger partial charge in [-0.2, -0.15) is 0 Å². The summed E-state index contributed by atoms with van der Waals surface area (Å²) in [6, 6.07) is 5.58. The van der Waals surface area contributed by atoms with Crippen molar-refractivity contribution in [2.45, 2.75) is 38.3 Å². The molecule has 17 heavy (non-hydrogen) atoms. The van der Waals surface area contributed by atoms with Gasteiger partial charge in [-0.3, -0.25) is 4.90 Å². The highest BCUT2D eigenvalue weighted by atomic mass is 15.2. The van der Waals surface area contributed by atoms with E-state index in [0.717, 1.165) is 18.1 Å². The fraction of sp³-hybridized carbons (Fsp3) is 0.500. The van der Waals surface area contributed by atoms with Gasteiger partial charge in [0, 0.05) is 18.7 Å². The summed E-state index contributed by atoms with van der Waals surface area (Å²) in [7, 11) is 2.26. The fourth-order valence-corrected chi connectivity index (χ4v) is 3.58. The summed E-state index contributed by atoms with van der Waals surface area (Å²) >= 11 is 0. The van der Waals surface area contributed by atoms with E-state index in [9.17, 15) is 0 Å². The first kappa shape index (κ1) is 9.66. The molecule has 0 spiro atoms. The Balaban J connectivity index is 2.04. The zero-order valence-corrected chi connectivity index (χ0v) is 10.3. The van der Waals surface area contributed by atoms with Crippen LogP contribution in [-0.2, 0) is 6.42 Å². The van der Waals surface area contributed by atoms with E-state index >= 15 is 0 Å². The van der Waals surface area contributed by atoms with Crippen LogP contribution in [0.1, 0.15) is 35.8 Å². The predicted molar refractivity (Wildman–Crippen MR) is 67.2 cm³/mol. The molecule has 88 valence electrons. The summed E-state index contributed by atoms with van der Waals surface area (Å²) in [6.07, 6.45) is 5.91. The first-order valence-electron chi connectivity index (χ1n) is 6.44. The molecule has 0 N–H and O–H groups in total. The lowest BCUT2D eigenvalue weighted by atomic mass is 10.0. The number of fused-ring (bicyclic) bond motifs is 6. The Labute approximate surface area is 101 Å². The highest BCUT2D eigenvalue weighted by Gasteiger charge is 2.40. The molecule has 4 heterocycles. The molecule has 2 atom stereocenters. The molecule has 0 aliphatic carbocycles. The minimum atomic E-state index is 0.584. The SMILES string of the molecule is Cc1cccn2c3c(nc12)CC1CCC3N1C. The van der Waals surface area contributed by atoms with Crippen molar-refractivity contribution in [2.75, 3.05) is 7.05 Å². The van der Waals surface area contributed by atoms with Crippen LogP contribution in [0, 0.1) is 6.92 Å². The van der Waals surface area contributed by atoms with Crippen LogP contribution in [-0.4, -0.2) is 27.4 Å². The van der Waals surface area contributed by atoms with Crippen LogP contribution in [0.2, 0.25) is 0 Å². The Kier molecular flexibility index (Phi) is 1.76. The summed E-state index contributed by atoms with van der Waals surface area (Å²) < 4.78 is 2.31. The summed E-state index contributed by atoms with van der Waals surface area (Å²) in [5, 5.41) is 0. The van der Waals surface area contributed by atoms with E-state index in [-0.39, 0.29) is 0 Å². The van der Waals surface area contributed by atoms with E-state index in [1.807, 2.05) is 0 Å². The van der Waals surface area contributed by atoms with Gasteiger partial charge in [-0.05, 0) is 38.4 Å². The molecular weight excluding hydrogens is 210 g/mol. The zero-order chi connectivity index (χ0) is 11.6. The fourth-order valence-electron chi connectivity index (χ4n) is 3.58. The highest BCUT2D eigenvalue weighted by molar-refractivity contribution is 5.51. The molecule has 2 unspecified atom stereocenters. The van der Waals surface area contributed by atoms with Crippen molar-refractivity contribution in [1.29, 1.82) is 0 Å². The molecule has 2 aliphatic rings. The number of nitrogens with zero attached hydrogens (tertiary/aromatic N) is 3. The van der Waals surface area contributed by atoms with Crippen LogP contribution in [0.4, 0.5) is 0 Å². The molecule has 0 aromatic carbocycles. The maximum atomic E-state index is 4.86. The van der Waals surface area contributed by atoms with Crippen LogP contribution < -0.4 is 0 Å². The number of hydrogen-bond donors (Lipinski definition) is 0. The zero-order valence-electron chi connectivity index (χ0n) is 10.3. The van der Waals surface area contributed by atoms with Gasteiger partial charge in [0.05, 0.1) is 17.4 Å². The maximum absolute atomic E-state index is 4.86. The Bertz CT molecular complexity index is 599. The average molecular weight is 227 g/mol. The van der Waals surface area contributed by atoms with E-state index in [4.69, 9.17) is 4.98 Å². The van der Waals surface area contributed by atoms with Crippen molar-refractivity contribution >= 4 is 5.65 Å². The van der Waals surface area contributed by atoms with Crippen molar-refractivity contribution in [3.63, 3.8) is 0 Å². The molecular formula is C14H17N3. The molecule has 0 saturated carbocycles. The minimum Gasteiger partial charge on any atom is -0.302 e. The third kappa shape index (κ3) is 1.12. The summed E-state index contributed by atoms with van der Waals surface area (Å²) in [5.41, 5.74) is 5.21. The number of pyridine rings is 1. The largest absolute Gasteiger partial charge is 0.302 e. The molecule has 4 rings (SSSR count). The van der Waals surface area contributed by atoms with Gasteiger partial charge in [0.1, 0.15) is 5.65 Å². The van der Waals surface area contributed by atoms with E-state index in [1.54, 1.807) is 0 Å². The van der Waals surface area contributed by atoms with Crippen LogP contribution in [0.15, 0.2) is 18.3 Å². The number of rotatable bonds is 0. The van der Waals surface area contributed by atoms with Gasteiger partial charge < -0.3 is 4.40 Å². The predicted octanol–water partition coefficient (Wildman–Crippen LogP) is 2.33. The quantitative estimate of drug-likeness (QED) is 0.688. The van der Waals surface area contributed by atoms with Gasteiger partial charge in [0.2, 0.25) is 0 Å². The van der Waals surface area contributed by atoms with Gasteiger partial charge in [0.15, 0.2) is 0 Å². The maximum Gasteiger partial charge on any atom is 0.140 e. The number of imidazole rings is 1. The van der Waals surface area contributed by atoms with Crippen molar-refractivity contribution < 1.29 is 0 Å². The lowest BCUT2D eigenvalue weighted by Crippen LogP contribution is -2.34. The van der Waals surface area contributed by atoms with Gasteiger partial charge in [-0.25, -0.2) is 4.98 Å². The van der Waals surface area contributed by atoms with Crippen LogP contribution >= 0.6 is 0 Å². The Morgan fingerprint density at radius 1 is 1.35 bits per heavy atom. The standard InChI is InChI=1S/C14H17N3/c1-9-4-3-7-17-13-11(15-14(9)17)8-10-5-6-12(13)16(10)2/h3-4,7,10,12H,5-6,8H2,1-2H3. The molecule has 1 fully saturated rings. The second-order valence-electron chi connectivity index (χ2n) is 5.45. The first-order valence-corrected chi connectivity index (χ1v) is 6.44. The first-order chi connectivity index (χ1) is 8.25. The summed E-state index contributed by atoms with van der Waals surface area (Å²) in [5.74, 6) is 0. The van der Waals surface area contributed by atoms with Gasteiger partial charge in [0.25, 0.3) is 0 Å². The summed E-state index contributed by atoms with van der Waals surface area (Å²) in [6.45, 7) is 2.15. The van der Waals surface area contributed by atoms with Gasteiger partial charge in [-0.1, -0.05) is 6.07 Å². The topological polar surface area (TPSA) is 20.5 Å². The van der Waals surface area contributed by atoms with E-state index in [2.05, 4.69) is 41.6 Å². The third-order valence-corrected chi connectivity index (χ3v) is 4.54. The minimum absolute atomic E-state index is 0.584. The molecule has 1 saturated heterocycles. The number of aromatic nitrogens is 2. The number of aryl methyl sites for hydroxylation is 1. The van der Waals surface area contributed by atoms with Crippen LogP contribution in [0.3, 0.4) is 0 Å². The Morgan fingerprint density at radius 2 is 2.24 bits per heavy atom. The van der Waals surface area contributed by atoms with E-state index in [0.29, 0.717) is 6.04 Å². The molecule has 0 radical (unpaired) electrons. The van der Waals surface area contributed by atoms with Crippen molar-refractivity contribution in [3.8, 4) is 0 Å². The molecule has 0 amide bonds. The average Bonchev–Trinajstić information content (AvgIpc) is 2.78. The lowest BCUT2D eigenvalue weighted by Gasteiger charge is -2.30.